The maximum absolute atomic E-state index is 12.1. The highest BCUT2D eigenvalue weighted by Gasteiger charge is 2.15. The van der Waals surface area contributed by atoms with Gasteiger partial charge in [-0.1, -0.05) is 0 Å². The number of rotatable bonds is 6. The molecule has 0 unspecified atom stereocenters. The van der Waals surface area contributed by atoms with E-state index in [1.165, 1.54) is 13.3 Å². The Kier molecular flexibility index (Phi) is 5.97. The Morgan fingerprint density at radius 3 is 2.84 bits per heavy atom. The number of hydrogen-bond acceptors (Lipinski definition) is 6. The van der Waals surface area contributed by atoms with Gasteiger partial charge in [-0.3, -0.25) is 9.59 Å². The van der Waals surface area contributed by atoms with Crippen molar-refractivity contribution in [1.29, 1.82) is 0 Å². The van der Waals surface area contributed by atoms with E-state index in [0.717, 1.165) is 4.68 Å². The molecule has 0 aromatic carbocycles. The van der Waals surface area contributed by atoms with Gasteiger partial charge in [0, 0.05) is 19.6 Å². The van der Waals surface area contributed by atoms with Crippen LogP contribution < -0.4 is 16.2 Å². The van der Waals surface area contributed by atoms with Gasteiger partial charge in [-0.05, 0) is 22.9 Å². The van der Waals surface area contributed by atoms with Crippen LogP contribution in [0.1, 0.15) is 6.92 Å². The first-order valence-electron chi connectivity index (χ1n) is 5.82. The number of likely N-dealkylation sites (N-methyl/N-ethyl adjacent to an activating group) is 1. The molecule has 0 aliphatic carbocycles. The topological polar surface area (TPSA) is 90.5 Å². The highest BCUT2D eigenvalue weighted by Crippen LogP contribution is 2.20. The van der Waals surface area contributed by atoms with Crippen LogP contribution in [0.15, 0.2) is 15.5 Å². The number of esters is 1. The third kappa shape index (κ3) is 3.77. The van der Waals surface area contributed by atoms with E-state index in [1.807, 2.05) is 11.8 Å². The monoisotopic (exact) mass is 332 g/mol. The number of carbonyl (C=O) groups is 1. The van der Waals surface area contributed by atoms with E-state index in [9.17, 15) is 9.59 Å². The van der Waals surface area contributed by atoms with Crippen molar-refractivity contribution in [2.24, 2.45) is 5.73 Å². The summed E-state index contributed by atoms with van der Waals surface area (Å²) in [6, 6.07) is 0. The first kappa shape index (κ1) is 15.6. The third-order valence-electron chi connectivity index (χ3n) is 2.59. The molecule has 0 aliphatic heterocycles. The van der Waals surface area contributed by atoms with Crippen molar-refractivity contribution in [1.82, 2.24) is 9.78 Å². The molecule has 8 heteroatoms. The van der Waals surface area contributed by atoms with Crippen molar-refractivity contribution in [2.75, 3.05) is 31.6 Å². The summed E-state index contributed by atoms with van der Waals surface area (Å²) in [4.78, 5) is 25.1. The Balaban J connectivity index is 3.09. The summed E-state index contributed by atoms with van der Waals surface area (Å²) >= 11 is 3.25. The van der Waals surface area contributed by atoms with Crippen molar-refractivity contribution in [2.45, 2.75) is 13.5 Å². The lowest BCUT2D eigenvalue weighted by molar-refractivity contribution is -0.141. The van der Waals surface area contributed by atoms with Crippen molar-refractivity contribution >= 4 is 27.6 Å². The number of aromatic nitrogens is 2. The quantitative estimate of drug-likeness (QED) is 0.735. The Morgan fingerprint density at radius 2 is 2.32 bits per heavy atom. The Morgan fingerprint density at radius 1 is 1.63 bits per heavy atom. The summed E-state index contributed by atoms with van der Waals surface area (Å²) in [5.41, 5.74) is 5.81. The lowest BCUT2D eigenvalue weighted by Crippen LogP contribution is -2.33. The van der Waals surface area contributed by atoms with E-state index >= 15 is 0 Å². The minimum absolute atomic E-state index is 0.211. The van der Waals surface area contributed by atoms with Gasteiger partial charge in [-0.25, -0.2) is 4.68 Å². The molecule has 7 nitrogen and oxygen atoms in total. The normalized spacial score (nSPS) is 10.3. The molecule has 0 bridgehead atoms. The molecule has 19 heavy (non-hydrogen) atoms. The van der Waals surface area contributed by atoms with Gasteiger partial charge in [0.05, 0.1) is 19.0 Å². The number of nitrogens with two attached hydrogens (primary N) is 1. The van der Waals surface area contributed by atoms with Gasteiger partial charge in [0.15, 0.2) is 0 Å². The summed E-state index contributed by atoms with van der Waals surface area (Å²) in [5, 5.41) is 3.97. The smallest absolute Gasteiger partial charge is 0.327 e. The van der Waals surface area contributed by atoms with E-state index in [1.54, 1.807) is 0 Å². The molecule has 1 rings (SSSR count). The zero-order chi connectivity index (χ0) is 14.4. The lowest BCUT2D eigenvalue weighted by atomic mass is 10.3. The maximum atomic E-state index is 12.1. The molecule has 2 N–H and O–H groups in total. The van der Waals surface area contributed by atoms with Crippen LogP contribution in [0.3, 0.4) is 0 Å². The molecule has 106 valence electrons. The van der Waals surface area contributed by atoms with Gasteiger partial charge >= 0.3 is 5.97 Å². The zero-order valence-electron chi connectivity index (χ0n) is 10.9. The van der Waals surface area contributed by atoms with Crippen molar-refractivity contribution in [3.05, 3.63) is 21.0 Å². The molecule has 1 aromatic rings. The lowest BCUT2D eigenvalue weighted by Gasteiger charge is -2.23. The fourth-order valence-corrected chi connectivity index (χ4v) is 2.14. The van der Waals surface area contributed by atoms with Crippen molar-refractivity contribution < 1.29 is 9.53 Å². The second kappa shape index (κ2) is 7.25. The number of halogens is 1. The summed E-state index contributed by atoms with van der Waals surface area (Å²) in [6.07, 6.45) is 1.54. The molecular formula is C11H17BrN4O3. The molecule has 0 fully saturated rings. The molecule has 0 radical (unpaired) electrons. The predicted molar refractivity (Wildman–Crippen MR) is 75.2 cm³/mol. The number of methoxy groups -OCH3 is 1. The number of hydrogen-bond donors (Lipinski definition) is 1. The number of nitrogens with zero attached hydrogens (tertiary/aromatic N) is 3. The van der Waals surface area contributed by atoms with Gasteiger partial charge in [0.25, 0.3) is 5.56 Å². The average Bonchev–Trinajstić information content (AvgIpc) is 2.42. The first-order chi connectivity index (χ1) is 9.04. The van der Waals surface area contributed by atoms with E-state index in [2.05, 4.69) is 25.8 Å². The molecule has 1 aromatic heterocycles. The van der Waals surface area contributed by atoms with Gasteiger partial charge in [-0.15, -0.1) is 0 Å². The second-order valence-corrected chi connectivity index (χ2v) is 4.54. The van der Waals surface area contributed by atoms with Crippen LogP contribution in [0.2, 0.25) is 0 Å². The Labute approximate surface area is 119 Å². The summed E-state index contributed by atoms with van der Waals surface area (Å²) in [5.74, 6) is -0.524. The van der Waals surface area contributed by atoms with Crippen LogP contribution in [0.5, 0.6) is 0 Å². The summed E-state index contributed by atoms with van der Waals surface area (Å²) in [6.45, 7) is 3.56. The molecule has 1 heterocycles. The first-order valence-corrected chi connectivity index (χ1v) is 6.61. The minimum Gasteiger partial charge on any atom is -0.468 e. The van der Waals surface area contributed by atoms with Gasteiger partial charge < -0.3 is 15.4 Å². The largest absolute Gasteiger partial charge is 0.468 e. The van der Waals surface area contributed by atoms with E-state index in [0.29, 0.717) is 29.8 Å². The highest BCUT2D eigenvalue weighted by molar-refractivity contribution is 9.10. The SMILES string of the molecule is CCN(CCN)c1cnn(CC(=O)OC)c(=O)c1Br. The Bertz CT molecular complexity index is 503. The maximum Gasteiger partial charge on any atom is 0.327 e. The fraction of sp³-hybridized carbons (Fsp3) is 0.545. The molecule has 0 spiro atoms. The number of anilines is 1. The van der Waals surface area contributed by atoms with Crippen LogP contribution in [0.25, 0.3) is 0 Å². The van der Waals surface area contributed by atoms with Gasteiger partial charge in [0.1, 0.15) is 11.0 Å². The third-order valence-corrected chi connectivity index (χ3v) is 3.34. The second-order valence-electron chi connectivity index (χ2n) is 3.75. The average molecular weight is 333 g/mol. The van der Waals surface area contributed by atoms with Crippen LogP contribution >= 0.6 is 15.9 Å². The Hall–Kier alpha value is -1.41. The molecule has 0 aliphatic rings. The fourth-order valence-electron chi connectivity index (χ4n) is 1.58. The number of carbonyl (C=O) groups excluding carboxylic acids is 1. The molecular weight excluding hydrogens is 316 g/mol. The molecule has 0 atom stereocenters. The minimum atomic E-state index is -0.524. The molecule has 0 saturated heterocycles. The van der Waals surface area contributed by atoms with Gasteiger partial charge in [-0.2, -0.15) is 5.10 Å². The highest BCUT2D eigenvalue weighted by atomic mass is 79.9. The van der Waals surface area contributed by atoms with Crippen molar-refractivity contribution in [3.8, 4) is 0 Å². The van der Waals surface area contributed by atoms with E-state index in [-0.39, 0.29) is 12.1 Å². The van der Waals surface area contributed by atoms with Crippen LogP contribution in [-0.2, 0) is 16.1 Å². The molecule has 0 saturated carbocycles. The van der Waals surface area contributed by atoms with Gasteiger partial charge in [0.2, 0.25) is 0 Å². The summed E-state index contributed by atoms with van der Waals surface area (Å²) < 4.78 is 5.92. The van der Waals surface area contributed by atoms with Crippen LogP contribution in [0, 0.1) is 0 Å². The summed E-state index contributed by atoms with van der Waals surface area (Å²) in [7, 11) is 1.26. The van der Waals surface area contributed by atoms with E-state index < -0.39 is 5.97 Å². The number of ether oxygens (including phenoxy) is 1. The van der Waals surface area contributed by atoms with Crippen LogP contribution in [0.4, 0.5) is 5.69 Å². The molecule has 0 amide bonds. The van der Waals surface area contributed by atoms with Crippen molar-refractivity contribution in [3.63, 3.8) is 0 Å². The predicted octanol–water partition coefficient (Wildman–Crippen LogP) is -0.0362. The van der Waals surface area contributed by atoms with E-state index in [4.69, 9.17) is 5.73 Å². The zero-order valence-corrected chi connectivity index (χ0v) is 12.5. The standard InChI is InChI=1S/C11H17BrN4O3/c1-3-15(5-4-13)8-6-14-16(7-9(17)19-2)11(18)10(8)12/h6H,3-5,7,13H2,1-2H3. The van der Waals surface area contributed by atoms with Crippen LogP contribution in [-0.4, -0.2) is 42.5 Å².